The lowest BCUT2D eigenvalue weighted by Gasteiger charge is -2.40. The highest BCUT2D eigenvalue weighted by Gasteiger charge is 2.50. The van der Waals surface area contributed by atoms with Crippen LogP contribution in [-0.4, -0.2) is 9.97 Å². The minimum absolute atomic E-state index is 0.446. The van der Waals surface area contributed by atoms with Crippen LogP contribution in [0.15, 0.2) is 216 Å². The second-order valence-electron chi connectivity index (χ2n) is 14.4. The Bertz CT molecular complexity index is 2890. The summed E-state index contributed by atoms with van der Waals surface area (Å²) in [7, 11) is 0. The van der Waals surface area contributed by atoms with Gasteiger partial charge < -0.3 is 0 Å². The maximum absolute atomic E-state index is 5.35. The van der Waals surface area contributed by atoms with E-state index in [1.54, 1.807) is 0 Å². The summed E-state index contributed by atoms with van der Waals surface area (Å²) in [6, 6.07) is 74.3. The highest BCUT2D eigenvalue weighted by atomic mass is 32.2. The Hall–Kier alpha value is -6.81. The molecule has 2 nitrogen and oxygen atoms in total. The van der Waals surface area contributed by atoms with Gasteiger partial charge in [-0.3, -0.25) is 0 Å². The summed E-state index contributed by atoms with van der Waals surface area (Å²) in [6.07, 6.45) is 0. The molecule has 11 rings (SSSR count). The molecular weight excluding hydrogens is 697 g/mol. The van der Waals surface area contributed by atoms with E-state index in [2.05, 4.69) is 200 Å². The molecule has 0 N–H and O–H groups in total. The second-order valence-corrected chi connectivity index (χ2v) is 15.5. The molecule has 0 amide bonds. The van der Waals surface area contributed by atoms with Gasteiger partial charge in [-0.2, -0.15) is 0 Å². The summed E-state index contributed by atoms with van der Waals surface area (Å²) >= 11 is 1.88. The fraction of sp³-hybridized carbons (Fsp3) is 0.0189. The Labute approximate surface area is 331 Å². The van der Waals surface area contributed by atoms with Gasteiger partial charge in [0.25, 0.3) is 0 Å². The summed E-state index contributed by atoms with van der Waals surface area (Å²) in [5.74, 6) is 0.703. The van der Waals surface area contributed by atoms with Crippen molar-refractivity contribution in [1.82, 2.24) is 9.97 Å². The van der Waals surface area contributed by atoms with Crippen molar-refractivity contribution in [3.63, 3.8) is 0 Å². The van der Waals surface area contributed by atoms with Crippen molar-refractivity contribution in [1.29, 1.82) is 0 Å². The molecule has 0 unspecified atom stereocenters. The SMILES string of the molecule is c1ccc(-c2ccc(-c3cc(-c4ccccc4)nc(-c4ccccc4-c4cccc5c4Sc4ccccc4C54c5ccccc5-c5ccccc54)n3)cc2)cc1. The molecule has 0 saturated heterocycles. The molecule has 0 fully saturated rings. The van der Waals surface area contributed by atoms with Crippen molar-refractivity contribution in [3.8, 4) is 67.3 Å². The zero-order valence-corrected chi connectivity index (χ0v) is 31.2. The lowest BCUT2D eigenvalue weighted by Crippen LogP contribution is -2.32. The normalized spacial score (nSPS) is 13.1. The van der Waals surface area contributed by atoms with Gasteiger partial charge >= 0.3 is 0 Å². The summed E-state index contributed by atoms with van der Waals surface area (Å²) in [6.45, 7) is 0. The molecule has 9 aromatic rings. The van der Waals surface area contributed by atoms with E-state index < -0.39 is 5.41 Å². The molecule has 0 radical (unpaired) electrons. The van der Waals surface area contributed by atoms with Crippen LogP contribution in [-0.2, 0) is 5.41 Å². The molecule has 3 heteroatoms. The predicted octanol–water partition coefficient (Wildman–Crippen LogP) is 13.6. The van der Waals surface area contributed by atoms with Crippen LogP contribution < -0.4 is 0 Å². The van der Waals surface area contributed by atoms with Gasteiger partial charge in [-0.1, -0.05) is 206 Å². The maximum Gasteiger partial charge on any atom is 0.161 e. The first-order valence-corrected chi connectivity index (χ1v) is 19.9. The Kier molecular flexibility index (Phi) is 7.68. The van der Waals surface area contributed by atoms with Crippen LogP contribution in [0.25, 0.3) is 67.3 Å². The number of nitrogens with zero attached hydrogens (tertiary/aromatic N) is 2. The number of hydrogen-bond acceptors (Lipinski definition) is 3. The van der Waals surface area contributed by atoms with Crippen molar-refractivity contribution >= 4 is 11.8 Å². The van der Waals surface area contributed by atoms with Gasteiger partial charge in [-0.15, -0.1) is 0 Å². The molecule has 2 heterocycles. The Balaban J connectivity index is 1.12. The van der Waals surface area contributed by atoms with Crippen molar-refractivity contribution in [2.24, 2.45) is 0 Å². The van der Waals surface area contributed by atoms with Crippen LogP contribution in [0.4, 0.5) is 0 Å². The topological polar surface area (TPSA) is 25.8 Å². The van der Waals surface area contributed by atoms with Gasteiger partial charge in [0.2, 0.25) is 0 Å². The van der Waals surface area contributed by atoms with Crippen molar-refractivity contribution in [2.75, 3.05) is 0 Å². The zero-order valence-electron chi connectivity index (χ0n) is 30.4. The van der Waals surface area contributed by atoms with Crippen LogP contribution in [0.2, 0.25) is 0 Å². The summed E-state index contributed by atoms with van der Waals surface area (Å²) < 4.78 is 0. The molecular formula is C53H34N2S. The number of hydrogen-bond donors (Lipinski definition) is 0. The van der Waals surface area contributed by atoms with Gasteiger partial charge in [0.05, 0.1) is 16.8 Å². The van der Waals surface area contributed by atoms with Gasteiger partial charge in [-0.25, -0.2) is 9.97 Å². The third-order valence-electron chi connectivity index (χ3n) is 11.4. The monoisotopic (exact) mass is 730 g/mol. The molecule has 8 aromatic carbocycles. The van der Waals surface area contributed by atoms with Crippen molar-refractivity contribution in [3.05, 3.63) is 229 Å². The number of aromatic nitrogens is 2. The fourth-order valence-electron chi connectivity index (χ4n) is 8.94. The Morgan fingerprint density at radius 3 is 1.43 bits per heavy atom. The first kappa shape index (κ1) is 32.6. The average Bonchev–Trinajstić information content (AvgIpc) is 3.57. The number of benzene rings is 8. The average molecular weight is 731 g/mol. The molecule has 2 aliphatic rings. The smallest absolute Gasteiger partial charge is 0.161 e. The molecule has 56 heavy (non-hydrogen) atoms. The van der Waals surface area contributed by atoms with E-state index in [1.807, 2.05) is 17.8 Å². The van der Waals surface area contributed by atoms with Crippen molar-refractivity contribution < 1.29 is 0 Å². The summed E-state index contributed by atoms with van der Waals surface area (Å²) in [5, 5.41) is 0. The van der Waals surface area contributed by atoms with Crippen LogP contribution >= 0.6 is 11.8 Å². The highest BCUT2D eigenvalue weighted by Crippen LogP contribution is 2.63. The van der Waals surface area contributed by atoms with Gasteiger partial charge in [-0.05, 0) is 67.8 Å². The van der Waals surface area contributed by atoms with Gasteiger partial charge in [0.1, 0.15) is 0 Å². The molecule has 1 aromatic heterocycles. The third kappa shape index (κ3) is 5.05. The van der Waals surface area contributed by atoms with E-state index >= 15 is 0 Å². The molecule has 262 valence electrons. The third-order valence-corrected chi connectivity index (χ3v) is 12.6. The lowest BCUT2D eigenvalue weighted by molar-refractivity contribution is 0.723. The van der Waals surface area contributed by atoms with Gasteiger partial charge in [0.15, 0.2) is 5.82 Å². The molecule has 1 aliphatic carbocycles. The second kappa shape index (κ2) is 13.2. The standard InChI is InChI=1S/C53H34N2S/c1-3-16-35(17-4-1)36-30-32-38(33-31-36)49-34-48(37-18-5-2-6-19-37)54-52(55-49)43-23-8-7-20-39(43)42-24-15-28-47-51(42)56-50-29-14-13-27-46(50)53(47)44-25-11-9-21-40(44)41-22-10-12-26-45(41)53/h1-34H. The Morgan fingerprint density at radius 1 is 0.321 bits per heavy atom. The van der Waals surface area contributed by atoms with Crippen LogP contribution in [0.5, 0.6) is 0 Å². The fourth-order valence-corrected chi connectivity index (χ4v) is 10.3. The summed E-state index contributed by atoms with van der Waals surface area (Å²) in [5.41, 5.74) is 17.0. The van der Waals surface area contributed by atoms with E-state index in [4.69, 9.17) is 9.97 Å². The molecule has 1 spiro atoms. The maximum atomic E-state index is 5.35. The largest absolute Gasteiger partial charge is 0.228 e. The minimum Gasteiger partial charge on any atom is -0.228 e. The van der Waals surface area contributed by atoms with E-state index in [9.17, 15) is 0 Å². The summed E-state index contributed by atoms with van der Waals surface area (Å²) in [4.78, 5) is 13.2. The van der Waals surface area contributed by atoms with E-state index in [0.717, 1.165) is 33.6 Å². The predicted molar refractivity (Wildman–Crippen MR) is 231 cm³/mol. The van der Waals surface area contributed by atoms with Crippen LogP contribution in [0.3, 0.4) is 0 Å². The molecule has 0 saturated carbocycles. The Morgan fingerprint density at radius 2 is 0.768 bits per heavy atom. The van der Waals surface area contributed by atoms with Crippen molar-refractivity contribution in [2.45, 2.75) is 15.2 Å². The minimum atomic E-state index is -0.446. The molecule has 0 bridgehead atoms. The molecule has 1 aliphatic heterocycles. The van der Waals surface area contributed by atoms with Crippen LogP contribution in [0, 0.1) is 0 Å². The van der Waals surface area contributed by atoms with E-state index in [0.29, 0.717) is 5.82 Å². The van der Waals surface area contributed by atoms with E-state index in [1.165, 1.54) is 59.9 Å². The number of rotatable bonds is 5. The lowest BCUT2D eigenvalue weighted by atomic mass is 9.67. The van der Waals surface area contributed by atoms with Crippen LogP contribution in [0.1, 0.15) is 22.3 Å². The first-order valence-electron chi connectivity index (χ1n) is 19.1. The molecule has 0 atom stereocenters. The quantitative estimate of drug-likeness (QED) is 0.176. The van der Waals surface area contributed by atoms with E-state index in [-0.39, 0.29) is 0 Å². The van der Waals surface area contributed by atoms with Gasteiger partial charge in [0, 0.05) is 26.5 Å². The highest BCUT2D eigenvalue weighted by molar-refractivity contribution is 7.99. The first-order chi connectivity index (χ1) is 27.8. The zero-order chi connectivity index (χ0) is 37.1. The number of fused-ring (bicyclic) bond motifs is 9.